The zero-order valence-corrected chi connectivity index (χ0v) is 21.0. The molecule has 2 saturated carbocycles. The van der Waals surface area contributed by atoms with Crippen molar-refractivity contribution in [2.45, 2.75) is 50.1 Å². The van der Waals surface area contributed by atoms with Crippen molar-refractivity contribution in [2.75, 3.05) is 7.05 Å². The summed E-state index contributed by atoms with van der Waals surface area (Å²) in [6, 6.07) is 18.5. The highest BCUT2D eigenvalue weighted by molar-refractivity contribution is 5.79. The number of alkyl halides is 3. The largest absolute Gasteiger partial charge is 0.490 e. The quantitative estimate of drug-likeness (QED) is 0.255. The summed E-state index contributed by atoms with van der Waals surface area (Å²) in [7, 11) is 1.73. The lowest BCUT2D eigenvalue weighted by Gasteiger charge is -2.58. The third-order valence-electron chi connectivity index (χ3n) is 8.26. The van der Waals surface area contributed by atoms with Crippen LogP contribution in [-0.2, 0) is 10.9 Å². The normalized spacial score (nSPS) is 23.3. The summed E-state index contributed by atoms with van der Waals surface area (Å²) in [4.78, 5) is 24.7. The second kappa shape index (κ2) is 9.00. The van der Waals surface area contributed by atoms with Crippen LogP contribution in [0.3, 0.4) is 0 Å². The van der Waals surface area contributed by atoms with Gasteiger partial charge in [-0.05, 0) is 54.4 Å². The molecule has 0 saturated heterocycles. The number of hydrogen-bond donors (Lipinski definition) is 0. The smallest absolute Gasteiger partial charge is 0.423 e. The molecule has 0 radical (unpaired) electrons. The molecule has 0 bridgehead atoms. The van der Waals surface area contributed by atoms with Crippen molar-refractivity contribution < 1.29 is 32.4 Å². The van der Waals surface area contributed by atoms with Crippen LogP contribution in [0.25, 0.3) is 11.1 Å². The number of amides is 1. The minimum absolute atomic E-state index is 0.00143. The van der Waals surface area contributed by atoms with Gasteiger partial charge in [0, 0.05) is 30.3 Å². The number of carbonyl (C=O) groups is 1. The van der Waals surface area contributed by atoms with E-state index in [9.17, 15) is 28.1 Å². The molecule has 3 aromatic rings. The number of fused-ring (bicyclic) bond motifs is 3. The second-order valence-electron chi connectivity index (χ2n) is 10.7. The minimum atomic E-state index is -4.86. The number of carbonyl (C=O) groups excluding carboxylic acids is 1. The third-order valence-corrected chi connectivity index (χ3v) is 8.26. The first-order valence-corrected chi connectivity index (χ1v) is 12.7. The summed E-state index contributed by atoms with van der Waals surface area (Å²) >= 11 is 0. The molecular weight excluding hydrogens is 513 g/mol. The van der Waals surface area contributed by atoms with Crippen molar-refractivity contribution >= 4 is 11.8 Å². The van der Waals surface area contributed by atoms with Gasteiger partial charge in [0.1, 0.15) is 11.3 Å². The molecule has 7 nitrogen and oxygen atoms in total. The van der Waals surface area contributed by atoms with Gasteiger partial charge in [-0.3, -0.25) is 10.1 Å². The molecule has 202 valence electrons. The number of nitro benzene ring substituents is 1. The van der Waals surface area contributed by atoms with Gasteiger partial charge in [-0.2, -0.15) is 13.2 Å². The van der Waals surface area contributed by atoms with E-state index in [1.54, 1.807) is 11.9 Å². The van der Waals surface area contributed by atoms with Gasteiger partial charge in [-0.25, -0.2) is 4.79 Å². The van der Waals surface area contributed by atoms with Crippen molar-refractivity contribution in [3.63, 3.8) is 0 Å². The van der Waals surface area contributed by atoms with Gasteiger partial charge in [-0.15, -0.1) is 0 Å². The van der Waals surface area contributed by atoms with E-state index in [4.69, 9.17) is 9.47 Å². The van der Waals surface area contributed by atoms with E-state index in [1.165, 1.54) is 6.07 Å². The topological polar surface area (TPSA) is 81.9 Å². The molecule has 6 rings (SSSR count). The highest BCUT2D eigenvalue weighted by Gasteiger charge is 2.56. The summed E-state index contributed by atoms with van der Waals surface area (Å²) in [6.45, 7) is 0. The number of nitrogens with zero attached hydrogens (tertiary/aromatic N) is 2. The Labute approximate surface area is 222 Å². The standard InChI is InChI=1S/C29H25F3N2O5/c1-33(27(35)39-26-22-8-4-2-6-20(22)21-7-3-5-9-23(21)26)17-13-28(14-17)15-19(16-28)38-18-10-11-25(34(36)37)24(12-18)29(30,31)32/h2-12,17,19,26H,13-16H2,1H3. The average Bonchev–Trinajstić information content (AvgIpc) is 3.17. The highest BCUT2D eigenvalue weighted by atomic mass is 19.4. The van der Waals surface area contributed by atoms with Crippen LogP contribution in [0.15, 0.2) is 66.7 Å². The molecule has 0 unspecified atom stereocenters. The fourth-order valence-electron chi connectivity index (χ4n) is 6.27. The van der Waals surface area contributed by atoms with Crippen LogP contribution in [0.1, 0.15) is 48.5 Å². The molecule has 3 aliphatic carbocycles. The van der Waals surface area contributed by atoms with Crippen LogP contribution in [-0.4, -0.2) is 35.1 Å². The van der Waals surface area contributed by atoms with Crippen LogP contribution < -0.4 is 4.74 Å². The lowest BCUT2D eigenvalue weighted by atomic mass is 9.52. The average molecular weight is 539 g/mol. The van der Waals surface area contributed by atoms with E-state index in [0.717, 1.165) is 41.2 Å². The number of nitro groups is 1. The summed E-state index contributed by atoms with van der Waals surface area (Å²) in [6.07, 6.45) is -3.20. The van der Waals surface area contributed by atoms with Gasteiger partial charge in [0.2, 0.25) is 0 Å². The number of rotatable bonds is 5. The Kier molecular flexibility index (Phi) is 5.82. The zero-order chi connectivity index (χ0) is 27.5. The Balaban J connectivity index is 1.05. The number of halogens is 3. The molecular formula is C29H25F3N2O5. The highest BCUT2D eigenvalue weighted by Crippen LogP contribution is 2.58. The molecule has 39 heavy (non-hydrogen) atoms. The maximum atomic E-state index is 13.3. The van der Waals surface area contributed by atoms with Crippen LogP contribution in [0.5, 0.6) is 5.75 Å². The molecule has 3 aliphatic rings. The Hall–Kier alpha value is -4.08. The first-order valence-electron chi connectivity index (χ1n) is 12.7. The monoisotopic (exact) mass is 538 g/mol. The van der Waals surface area contributed by atoms with Gasteiger partial charge in [0.15, 0.2) is 6.10 Å². The molecule has 0 aliphatic heterocycles. The summed E-state index contributed by atoms with van der Waals surface area (Å²) in [5.74, 6) is -0.0403. The van der Waals surface area contributed by atoms with E-state index < -0.39 is 34.5 Å². The number of benzene rings is 3. The predicted octanol–water partition coefficient (Wildman–Crippen LogP) is 7.14. The maximum absolute atomic E-state index is 13.3. The fourth-order valence-corrected chi connectivity index (χ4v) is 6.27. The summed E-state index contributed by atoms with van der Waals surface area (Å²) in [5.41, 5.74) is 1.70. The van der Waals surface area contributed by atoms with Gasteiger partial charge in [0.05, 0.1) is 11.0 Å². The van der Waals surface area contributed by atoms with Gasteiger partial charge in [0.25, 0.3) is 5.69 Å². The Morgan fingerprint density at radius 3 is 2.13 bits per heavy atom. The lowest BCUT2D eigenvalue weighted by Crippen LogP contribution is -2.59. The van der Waals surface area contributed by atoms with Crippen LogP contribution in [0.2, 0.25) is 0 Å². The van der Waals surface area contributed by atoms with Crippen molar-refractivity contribution in [2.24, 2.45) is 5.41 Å². The second-order valence-corrected chi connectivity index (χ2v) is 10.7. The van der Waals surface area contributed by atoms with E-state index in [2.05, 4.69) is 0 Å². The molecule has 2 fully saturated rings. The SMILES string of the molecule is CN(C(=O)OC1c2ccccc2-c2ccccc21)C1CC2(CC(Oc3ccc([N+](=O)[O-])c(C(F)(F)F)c3)C2)C1. The van der Waals surface area contributed by atoms with E-state index >= 15 is 0 Å². The molecule has 0 heterocycles. The first kappa shape index (κ1) is 25.2. The molecule has 1 amide bonds. The van der Waals surface area contributed by atoms with Crippen molar-refractivity contribution in [1.82, 2.24) is 4.90 Å². The fraction of sp³-hybridized carbons (Fsp3) is 0.345. The molecule has 1 spiro atoms. The van der Waals surface area contributed by atoms with Crippen LogP contribution in [0.4, 0.5) is 23.7 Å². The lowest BCUT2D eigenvalue weighted by molar-refractivity contribution is -0.388. The van der Waals surface area contributed by atoms with Crippen LogP contribution >= 0.6 is 0 Å². The summed E-state index contributed by atoms with van der Waals surface area (Å²) < 4.78 is 51.5. The minimum Gasteiger partial charge on any atom is -0.490 e. The van der Waals surface area contributed by atoms with Gasteiger partial charge < -0.3 is 14.4 Å². The van der Waals surface area contributed by atoms with Crippen molar-refractivity contribution in [3.05, 3.63) is 93.5 Å². The number of hydrogen-bond acceptors (Lipinski definition) is 5. The van der Waals surface area contributed by atoms with Crippen LogP contribution in [0, 0.1) is 15.5 Å². The predicted molar refractivity (Wildman–Crippen MR) is 135 cm³/mol. The van der Waals surface area contributed by atoms with Crippen molar-refractivity contribution in [3.8, 4) is 16.9 Å². The van der Waals surface area contributed by atoms with E-state index in [1.807, 2.05) is 48.5 Å². The summed E-state index contributed by atoms with van der Waals surface area (Å²) in [5, 5.41) is 11.0. The molecule has 3 aromatic carbocycles. The van der Waals surface area contributed by atoms with E-state index in [-0.39, 0.29) is 23.3 Å². The van der Waals surface area contributed by atoms with Gasteiger partial charge >= 0.3 is 12.3 Å². The van der Waals surface area contributed by atoms with E-state index in [0.29, 0.717) is 18.9 Å². The number of ether oxygens (including phenoxy) is 2. The Morgan fingerprint density at radius 2 is 1.56 bits per heavy atom. The Bertz CT molecular complexity index is 1410. The molecule has 0 N–H and O–H groups in total. The maximum Gasteiger partial charge on any atom is 0.423 e. The van der Waals surface area contributed by atoms with Gasteiger partial charge in [-0.1, -0.05) is 48.5 Å². The van der Waals surface area contributed by atoms with Crippen molar-refractivity contribution in [1.29, 1.82) is 0 Å². The molecule has 10 heteroatoms. The Morgan fingerprint density at radius 1 is 0.974 bits per heavy atom. The molecule has 0 aromatic heterocycles. The molecule has 0 atom stereocenters. The first-order chi connectivity index (χ1) is 18.5. The zero-order valence-electron chi connectivity index (χ0n) is 21.0. The third kappa shape index (κ3) is 4.37.